The molecule has 2 aromatic heterocycles. The van der Waals surface area contributed by atoms with Gasteiger partial charge in [-0.1, -0.05) is 67.3 Å². The molecule has 1 aliphatic heterocycles. The number of carbonyl (C=O) groups is 2. The Labute approximate surface area is 308 Å². The lowest BCUT2D eigenvalue weighted by molar-refractivity contribution is -0.138. The van der Waals surface area contributed by atoms with E-state index in [2.05, 4.69) is 56.6 Å². The molecule has 0 radical (unpaired) electrons. The monoisotopic (exact) mass is 756 g/mol. The highest BCUT2D eigenvalue weighted by atomic mass is 79.9. The van der Waals surface area contributed by atoms with Crippen LogP contribution in [0.1, 0.15) is 85.2 Å². The number of pyridine rings is 1. The van der Waals surface area contributed by atoms with Crippen LogP contribution in [0, 0.1) is 5.92 Å². The van der Waals surface area contributed by atoms with E-state index < -0.39 is 6.04 Å². The number of urea groups is 1. The van der Waals surface area contributed by atoms with Gasteiger partial charge in [-0.2, -0.15) is 0 Å². The van der Waals surface area contributed by atoms with E-state index in [0.717, 1.165) is 78.7 Å². The number of rotatable bonds is 9. The van der Waals surface area contributed by atoms with Crippen LogP contribution in [-0.2, 0) is 30.7 Å². The summed E-state index contributed by atoms with van der Waals surface area (Å²) in [5.74, 6) is 0.116. The number of aryl methyl sites for hydroxylation is 3. The molecule has 3 atom stereocenters. The number of imidazole rings is 1. The lowest BCUT2D eigenvalue weighted by Crippen LogP contribution is -2.58. The van der Waals surface area contributed by atoms with Gasteiger partial charge in [0.05, 0.1) is 12.0 Å². The highest BCUT2D eigenvalue weighted by molar-refractivity contribution is 9.10. The van der Waals surface area contributed by atoms with Crippen LogP contribution in [0.15, 0.2) is 84.0 Å². The second-order valence-corrected chi connectivity index (χ2v) is 15.5. The number of likely N-dealkylation sites (tertiary alicyclic amines) is 1. The number of nitrogens with zero attached hydrogens (tertiary/aromatic N) is 5. The third-order valence-corrected chi connectivity index (χ3v) is 11.6. The first kappa shape index (κ1) is 34.7. The molecule has 1 saturated carbocycles. The molecule has 50 heavy (non-hydrogen) atoms. The van der Waals surface area contributed by atoms with E-state index in [1.807, 2.05) is 57.4 Å². The molecule has 4 aromatic rings. The van der Waals surface area contributed by atoms with Crippen molar-refractivity contribution in [3.8, 4) is 0 Å². The Kier molecular flexibility index (Phi) is 11.2. The van der Waals surface area contributed by atoms with Crippen LogP contribution in [0.2, 0.25) is 5.02 Å². The summed E-state index contributed by atoms with van der Waals surface area (Å²) in [6.07, 6.45) is 16.8. The topological polar surface area (TPSA) is 83.4 Å². The second-order valence-electron chi connectivity index (χ2n) is 14.2. The summed E-state index contributed by atoms with van der Waals surface area (Å²) in [6, 6.07) is 18.1. The van der Waals surface area contributed by atoms with Crippen LogP contribution in [0.25, 0.3) is 0 Å². The molecule has 8 nitrogen and oxygen atoms in total. The van der Waals surface area contributed by atoms with Crippen molar-refractivity contribution in [2.24, 2.45) is 5.92 Å². The first-order chi connectivity index (χ1) is 24.4. The largest absolute Gasteiger partial charge is 0.337 e. The molecular weight excluding hydrogens is 712 g/mol. The summed E-state index contributed by atoms with van der Waals surface area (Å²) in [5, 5.41) is 4.08. The number of halogens is 2. The highest BCUT2D eigenvalue weighted by Gasteiger charge is 2.43. The van der Waals surface area contributed by atoms with Gasteiger partial charge in [-0.3, -0.25) is 9.78 Å². The summed E-state index contributed by atoms with van der Waals surface area (Å²) in [6.45, 7) is 2.34. The lowest BCUT2D eigenvalue weighted by Gasteiger charge is -2.43. The minimum absolute atomic E-state index is 0.00413. The Morgan fingerprint density at radius 2 is 1.82 bits per heavy atom. The summed E-state index contributed by atoms with van der Waals surface area (Å²) in [5.41, 5.74) is 5.85. The van der Waals surface area contributed by atoms with E-state index in [1.54, 1.807) is 6.20 Å². The number of amides is 3. The van der Waals surface area contributed by atoms with Gasteiger partial charge in [0.15, 0.2) is 0 Å². The van der Waals surface area contributed by atoms with Crippen molar-refractivity contribution in [2.75, 3.05) is 13.1 Å². The molecule has 1 saturated heterocycles. The Morgan fingerprint density at radius 1 is 1.00 bits per heavy atom. The van der Waals surface area contributed by atoms with Crippen LogP contribution < -0.4 is 5.32 Å². The molecule has 0 spiro atoms. The van der Waals surface area contributed by atoms with Gasteiger partial charge in [0.2, 0.25) is 5.91 Å². The molecule has 0 bridgehead atoms. The van der Waals surface area contributed by atoms with E-state index in [4.69, 9.17) is 16.6 Å². The third-order valence-electron chi connectivity index (χ3n) is 10.9. The minimum Gasteiger partial charge on any atom is -0.337 e. The minimum atomic E-state index is -0.591. The molecule has 3 amide bonds. The van der Waals surface area contributed by atoms with E-state index in [0.29, 0.717) is 26.1 Å². The Hall–Kier alpha value is -3.69. The third kappa shape index (κ3) is 8.10. The van der Waals surface area contributed by atoms with E-state index >= 15 is 4.79 Å². The summed E-state index contributed by atoms with van der Waals surface area (Å²) in [4.78, 5) is 42.2. The fraction of sp³-hybridized carbons (Fsp3) is 0.450. The number of hydrogen-bond acceptors (Lipinski definition) is 4. The lowest BCUT2D eigenvalue weighted by atomic mass is 9.74. The van der Waals surface area contributed by atoms with Gasteiger partial charge < -0.3 is 19.7 Å². The van der Waals surface area contributed by atoms with Crippen LogP contribution >= 0.6 is 27.5 Å². The molecule has 262 valence electrons. The van der Waals surface area contributed by atoms with E-state index in [1.165, 1.54) is 23.1 Å². The number of piperidine rings is 1. The maximum absolute atomic E-state index is 15.0. The van der Waals surface area contributed by atoms with Gasteiger partial charge in [0.1, 0.15) is 6.04 Å². The Bertz CT molecular complexity index is 1710. The van der Waals surface area contributed by atoms with Crippen molar-refractivity contribution in [1.29, 1.82) is 0 Å². The van der Waals surface area contributed by atoms with Gasteiger partial charge in [-0.15, -0.1) is 0 Å². The van der Waals surface area contributed by atoms with Gasteiger partial charge in [0.25, 0.3) is 0 Å². The normalized spacial score (nSPS) is 20.8. The number of hydrogen-bond donors (Lipinski definition) is 1. The summed E-state index contributed by atoms with van der Waals surface area (Å²) < 4.78 is 3.01. The first-order valence-electron chi connectivity index (χ1n) is 18.2. The van der Waals surface area contributed by atoms with Crippen molar-refractivity contribution >= 4 is 39.5 Å². The fourth-order valence-electron chi connectivity index (χ4n) is 8.38. The number of carbonyl (C=O) groups excluding carboxylic acids is 2. The average molecular weight is 758 g/mol. The Balaban J connectivity index is 1.22. The second kappa shape index (κ2) is 16.1. The molecule has 2 aromatic carbocycles. The van der Waals surface area contributed by atoms with E-state index in [9.17, 15) is 4.79 Å². The molecule has 2 unspecified atom stereocenters. The zero-order valence-corrected chi connectivity index (χ0v) is 30.9. The van der Waals surface area contributed by atoms with Crippen molar-refractivity contribution in [2.45, 2.75) is 95.3 Å². The van der Waals surface area contributed by atoms with Gasteiger partial charge >= 0.3 is 6.03 Å². The molecule has 2 fully saturated rings. The quantitative estimate of drug-likeness (QED) is 0.187. The van der Waals surface area contributed by atoms with Crippen LogP contribution in [-0.4, -0.2) is 61.4 Å². The standard InChI is InChI=1S/C40H46BrClN6O2/c41-32-22-31-13-12-29-23-33(42)14-15-35(29)37(38(31)44-25-32)30-16-20-48(40(50)45-34-10-5-2-6-11-34)36(24-30)39(49)47(26-28-8-3-1-4-9-28)19-7-18-46-21-17-43-27-46/h1,3-4,8-9,14-15,17,21-23,25,27,30,34,36-37H,2,5-7,10-13,16,18-20,24,26H2,(H,45,50)/t30?,36?,37-/m0/s1. The molecule has 7 rings (SSSR count). The molecular formula is C40H46BrClN6O2. The maximum Gasteiger partial charge on any atom is 0.318 e. The Morgan fingerprint density at radius 3 is 2.62 bits per heavy atom. The average Bonchev–Trinajstić information content (AvgIpc) is 3.60. The van der Waals surface area contributed by atoms with Crippen molar-refractivity contribution in [3.05, 3.63) is 117 Å². The van der Waals surface area contributed by atoms with Crippen molar-refractivity contribution in [3.63, 3.8) is 0 Å². The van der Waals surface area contributed by atoms with Crippen molar-refractivity contribution in [1.82, 2.24) is 29.7 Å². The van der Waals surface area contributed by atoms with E-state index in [-0.39, 0.29) is 29.8 Å². The SMILES string of the molecule is O=C(C1CC([C@H]2c3ccc(Cl)cc3CCc3cc(Br)cnc32)CCN1C(=O)NC1CCCCC1)N(CCCn1ccnc1)Cc1ccccc1. The predicted molar refractivity (Wildman–Crippen MR) is 200 cm³/mol. The first-order valence-corrected chi connectivity index (χ1v) is 19.4. The van der Waals surface area contributed by atoms with Crippen LogP contribution in [0.5, 0.6) is 0 Å². The van der Waals surface area contributed by atoms with Crippen molar-refractivity contribution < 1.29 is 9.59 Å². The number of benzene rings is 2. The zero-order chi connectivity index (χ0) is 34.5. The summed E-state index contributed by atoms with van der Waals surface area (Å²) >= 11 is 10.2. The highest BCUT2D eigenvalue weighted by Crippen LogP contribution is 2.44. The van der Waals surface area contributed by atoms with Gasteiger partial charge in [0, 0.05) is 66.2 Å². The molecule has 1 N–H and O–H groups in total. The number of fused-ring (bicyclic) bond motifs is 2. The van der Waals surface area contributed by atoms with Gasteiger partial charge in [-0.25, -0.2) is 9.78 Å². The number of aromatic nitrogens is 3. The molecule has 3 aliphatic rings. The predicted octanol–water partition coefficient (Wildman–Crippen LogP) is 8.17. The van der Waals surface area contributed by atoms with Crippen LogP contribution in [0.3, 0.4) is 0 Å². The fourth-order valence-corrected chi connectivity index (χ4v) is 8.96. The summed E-state index contributed by atoms with van der Waals surface area (Å²) in [7, 11) is 0. The molecule has 3 heterocycles. The van der Waals surface area contributed by atoms with Gasteiger partial charge in [-0.05, 0) is 107 Å². The molecule has 2 aliphatic carbocycles. The maximum atomic E-state index is 15.0. The zero-order valence-electron chi connectivity index (χ0n) is 28.5. The number of nitrogens with one attached hydrogen (secondary N) is 1. The molecule has 10 heteroatoms. The smallest absolute Gasteiger partial charge is 0.318 e. The van der Waals surface area contributed by atoms with Crippen LogP contribution in [0.4, 0.5) is 4.79 Å².